The molecule has 2 N–H and O–H groups in total. The molecule has 5 nitrogen and oxygen atoms in total. The van der Waals surface area contributed by atoms with E-state index in [1.54, 1.807) is 15.9 Å². The van der Waals surface area contributed by atoms with E-state index in [1.165, 1.54) is 12.1 Å². The number of hydrogen-bond donors (Lipinski definition) is 1. The van der Waals surface area contributed by atoms with Crippen LogP contribution < -0.4 is 5.73 Å². The van der Waals surface area contributed by atoms with E-state index in [0.29, 0.717) is 31.5 Å². The minimum atomic E-state index is -0.302. The van der Waals surface area contributed by atoms with Gasteiger partial charge in [0.1, 0.15) is 5.82 Å². The van der Waals surface area contributed by atoms with Gasteiger partial charge in [-0.1, -0.05) is 12.1 Å². The van der Waals surface area contributed by atoms with Gasteiger partial charge in [-0.25, -0.2) is 4.39 Å². The third-order valence-corrected chi connectivity index (χ3v) is 6.16. The number of benzene rings is 1. The molecule has 2 aliphatic carbocycles. The lowest BCUT2D eigenvalue weighted by molar-refractivity contribution is -0.149. The summed E-state index contributed by atoms with van der Waals surface area (Å²) in [7, 11) is 0. The highest BCUT2D eigenvalue weighted by Crippen LogP contribution is 2.48. The molecular formula is C19H25ClFN3O2. The second kappa shape index (κ2) is 7.53. The van der Waals surface area contributed by atoms with Crippen molar-refractivity contribution >= 4 is 24.2 Å². The van der Waals surface area contributed by atoms with Crippen LogP contribution in [0.1, 0.15) is 24.8 Å². The Morgan fingerprint density at radius 1 is 1.23 bits per heavy atom. The minimum absolute atomic E-state index is 0. The number of amides is 2. The maximum Gasteiger partial charge on any atom is 0.242 e. The highest BCUT2D eigenvalue weighted by atomic mass is 35.5. The Kier molecular flexibility index (Phi) is 5.53. The molecule has 1 aromatic carbocycles. The molecule has 1 aromatic rings. The molecule has 142 valence electrons. The van der Waals surface area contributed by atoms with Crippen molar-refractivity contribution in [2.24, 2.45) is 23.5 Å². The van der Waals surface area contributed by atoms with Gasteiger partial charge in [0.05, 0.1) is 12.5 Å². The molecule has 26 heavy (non-hydrogen) atoms. The molecule has 3 aliphatic rings. The largest absolute Gasteiger partial charge is 0.335 e. The van der Waals surface area contributed by atoms with Gasteiger partial charge in [0.2, 0.25) is 11.8 Å². The summed E-state index contributed by atoms with van der Waals surface area (Å²) < 4.78 is 13.3. The van der Waals surface area contributed by atoms with Crippen LogP contribution in [0.4, 0.5) is 4.39 Å². The van der Waals surface area contributed by atoms with Crippen LogP contribution >= 0.6 is 12.4 Å². The third kappa shape index (κ3) is 3.45. The molecule has 4 rings (SSSR count). The van der Waals surface area contributed by atoms with Crippen molar-refractivity contribution in [3.8, 4) is 0 Å². The van der Waals surface area contributed by atoms with Gasteiger partial charge in [0, 0.05) is 25.7 Å². The van der Waals surface area contributed by atoms with Crippen LogP contribution in [0.15, 0.2) is 24.3 Å². The lowest BCUT2D eigenvalue weighted by Crippen LogP contribution is -2.55. The first-order valence-electron chi connectivity index (χ1n) is 9.09. The lowest BCUT2D eigenvalue weighted by atomic mass is 9.84. The molecule has 1 aliphatic heterocycles. The predicted molar refractivity (Wildman–Crippen MR) is 97.9 cm³/mol. The zero-order valence-corrected chi connectivity index (χ0v) is 15.5. The van der Waals surface area contributed by atoms with Gasteiger partial charge in [-0.3, -0.25) is 9.59 Å². The maximum atomic E-state index is 13.3. The zero-order chi connectivity index (χ0) is 17.6. The summed E-state index contributed by atoms with van der Waals surface area (Å²) in [5.41, 5.74) is 7.04. The first-order chi connectivity index (χ1) is 12.0. The Morgan fingerprint density at radius 2 is 2.00 bits per heavy atom. The fourth-order valence-electron chi connectivity index (χ4n) is 4.83. The summed E-state index contributed by atoms with van der Waals surface area (Å²) in [6.45, 7) is 1.50. The van der Waals surface area contributed by atoms with Crippen molar-refractivity contribution in [2.45, 2.75) is 31.8 Å². The molecule has 7 heteroatoms. The summed E-state index contributed by atoms with van der Waals surface area (Å²) >= 11 is 0. The Labute approximate surface area is 159 Å². The number of piperazine rings is 1. The van der Waals surface area contributed by atoms with Gasteiger partial charge >= 0.3 is 0 Å². The van der Waals surface area contributed by atoms with Crippen molar-refractivity contribution in [1.29, 1.82) is 0 Å². The van der Waals surface area contributed by atoms with Crippen LogP contribution in [0.5, 0.6) is 0 Å². The molecule has 2 amide bonds. The van der Waals surface area contributed by atoms with Crippen LogP contribution in [0, 0.1) is 23.6 Å². The molecule has 2 bridgehead atoms. The van der Waals surface area contributed by atoms with Gasteiger partial charge < -0.3 is 15.5 Å². The maximum absolute atomic E-state index is 13.3. The summed E-state index contributed by atoms with van der Waals surface area (Å²) in [5, 5.41) is 0. The number of rotatable bonds is 3. The molecule has 2 saturated carbocycles. The van der Waals surface area contributed by atoms with Gasteiger partial charge in [-0.05, 0) is 48.8 Å². The number of nitrogens with two attached hydrogens (primary N) is 1. The smallest absolute Gasteiger partial charge is 0.242 e. The molecule has 3 fully saturated rings. The number of fused-ring (bicyclic) bond motifs is 2. The normalized spacial score (nSPS) is 30.5. The Morgan fingerprint density at radius 3 is 2.65 bits per heavy atom. The van der Waals surface area contributed by atoms with E-state index in [1.807, 2.05) is 6.07 Å². The van der Waals surface area contributed by atoms with Crippen LogP contribution in [0.3, 0.4) is 0 Å². The van der Waals surface area contributed by atoms with Crippen LogP contribution in [0.2, 0.25) is 0 Å². The van der Waals surface area contributed by atoms with E-state index < -0.39 is 0 Å². The quantitative estimate of drug-likeness (QED) is 0.868. The van der Waals surface area contributed by atoms with Gasteiger partial charge in [0.25, 0.3) is 0 Å². The monoisotopic (exact) mass is 381 g/mol. The fourth-order valence-corrected chi connectivity index (χ4v) is 4.83. The topological polar surface area (TPSA) is 66.6 Å². The average molecular weight is 382 g/mol. The van der Waals surface area contributed by atoms with E-state index in [4.69, 9.17) is 5.73 Å². The predicted octanol–water partition coefficient (Wildman–Crippen LogP) is 1.79. The van der Waals surface area contributed by atoms with Crippen molar-refractivity contribution in [3.63, 3.8) is 0 Å². The molecule has 1 saturated heterocycles. The lowest BCUT2D eigenvalue weighted by Gasteiger charge is -2.38. The van der Waals surface area contributed by atoms with E-state index in [9.17, 15) is 14.0 Å². The van der Waals surface area contributed by atoms with Crippen molar-refractivity contribution in [2.75, 3.05) is 19.6 Å². The van der Waals surface area contributed by atoms with Crippen molar-refractivity contribution in [1.82, 2.24) is 9.80 Å². The number of hydrogen-bond acceptors (Lipinski definition) is 3. The average Bonchev–Trinajstić information content (AvgIpc) is 3.17. The molecule has 4 atom stereocenters. The van der Waals surface area contributed by atoms with Crippen LogP contribution in [-0.4, -0.2) is 47.3 Å². The second-order valence-corrected chi connectivity index (χ2v) is 7.64. The van der Waals surface area contributed by atoms with Crippen LogP contribution in [0.25, 0.3) is 0 Å². The highest BCUT2D eigenvalue weighted by molar-refractivity contribution is 5.88. The SMILES string of the molecule is Cl.N[C@H]1[C@H]2CC[C@H](C2)[C@H]1C(=O)N1CCN(Cc2cccc(F)c2)C(=O)C1. The van der Waals surface area contributed by atoms with Crippen molar-refractivity contribution < 1.29 is 14.0 Å². The minimum Gasteiger partial charge on any atom is -0.335 e. The first-order valence-corrected chi connectivity index (χ1v) is 9.09. The number of carbonyl (C=O) groups excluding carboxylic acids is 2. The zero-order valence-electron chi connectivity index (χ0n) is 14.6. The highest BCUT2D eigenvalue weighted by Gasteiger charge is 2.50. The van der Waals surface area contributed by atoms with E-state index in [2.05, 4.69) is 0 Å². The van der Waals surface area contributed by atoms with Gasteiger partial charge in [-0.15, -0.1) is 12.4 Å². The Hall–Kier alpha value is -1.66. The summed E-state index contributed by atoms with van der Waals surface area (Å²) in [5.74, 6) is 0.432. The summed E-state index contributed by atoms with van der Waals surface area (Å²) in [6.07, 6.45) is 3.28. The first kappa shape index (κ1) is 19.1. The molecule has 0 spiro atoms. The van der Waals surface area contributed by atoms with E-state index >= 15 is 0 Å². The summed E-state index contributed by atoms with van der Waals surface area (Å²) in [6, 6.07) is 6.24. The number of carbonyl (C=O) groups is 2. The standard InChI is InChI=1S/C19H24FN3O2.ClH/c20-15-3-1-2-12(8-15)10-22-6-7-23(11-16(22)24)19(25)17-13-4-5-14(9-13)18(17)21;/h1-3,8,13-14,17-18H,4-7,9-11,21H2;1H/t13-,14+,17-,18+;/m1./s1. The molecule has 0 unspecified atom stereocenters. The molecule has 0 radical (unpaired) electrons. The van der Waals surface area contributed by atoms with E-state index in [0.717, 1.165) is 24.8 Å². The van der Waals surface area contributed by atoms with E-state index in [-0.39, 0.29) is 48.5 Å². The summed E-state index contributed by atoms with van der Waals surface area (Å²) in [4.78, 5) is 28.7. The second-order valence-electron chi connectivity index (χ2n) is 7.64. The van der Waals surface area contributed by atoms with Gasteiger partial charge in [0.15, 0.2) is 0 Å². The van der Waals surface area contributed by atoms with Crippen molar-refractivity contribution in [3.05, 3.63) is 35.6 Å². The van der Waals surface area contributed by atoms with Crippen LogP contribution in [-0.2, 0) is 16.1 Å². The molecule has 1 heterocycles. The molecule has 0 aromatic heterocycles. The third-order valence-electron chi connectivity index (χ3n) is 6.16. The fraction of sp³-hybridized carbons (Fsp3) is 0.579. The Bertz CT molecular complexity index is 699. The number of nitrogens with zero attached hydrogens (tertiary/aromatic N) is 2. The Balaban J connectivity index is 0.00000196. The number of halogens is 2. The van der Waals surface area contributed by atoms with Gasteiger partial charge in [-0.2, -0.15) is 0 Å². The molecular weight excluding hydrogens is 357 g/mol.